The molecular weight excluding hydrogens is 312 g/mol. The zero-order valence-electron chi connectivity index (χ0n) is 13.1. The first-order chi connectivity index (χ1) is 11.2. The molecule has 1 aromatic heterocycles. The summed E-state index contributed by atoms with van der Waals surface area (Å²) in [6.07, 6.45) is 1.69. The van der Waals surface area contributed by atoms with Crippen LogP contribution < -0.4 is 15.0 Å². The standard InChI is InChI=1S/C16H20N4O2S/c1-22-14-4-2-13(3-5-14)20-9-7-19(8-10-20)12-15(21)18-16-17-6-11-23-16/h2-6,11H,7-10,12H2,1H3,(H,17,18,21). The number of amides is 1. The molecule has 122 valence electrons. The van der Waals surface area contributed by atoms with Gasteiger partial charge in [0.15, 0.2) is 5.13 Å². The molecule has 0 atom stereocenters. The van der Waals surface area contributed by atoms with Crippen molar-refractivity contribution in [2.45, 2.75) is 0 Å². The predicted octanol–water partition coefficient (Wildman–Crippen LogP) is 1.91. The highest BCUT2D eigenvalue weighted by Gasteiger charge is 2.19. The predicted molar refractivity (Wildman–Crippen MR) is 92.4 cm³/mol. The molecule has 0 aliphatic carbocycles. The smallest absolute Gasteiger partial charge is 0.240 e. The Balaban J connectivity index is 1.47. The summed E-state index contributed by atoms with van der Waals surface area (Å²) in [6.45, 7) is 3.98. The summed E-state index contributed by atoms with van der Waals surface area (Å²) < 4.78 is 5.18. The van der Waals surface area contributed by atoms with Crippen LogP contribution in [0.2, 0.25) is 0 Å². The summed E-state index contributed by atoms with van der Waals surface area (Å²) in [6, 6.07) is 8.10. The minimum absolute atomic E-state index is 0.00199. The maximum atomic E-state index is 12.0. The van der Waals surface area contributed by atoms with E-state index in [0.29, 0.717) is 11.7 Å². The summed E-state index contributed by atoms with van der Waals surface area (Å²) in [5.74, 6) is 0.865. The average Bonchev–Trinajstić information content (AvgIpc) is 3.08. The molecule has 0 unspecified atom stereocenters. The van der Waals surface area contributed by atoms with E-state index < -0.39 is 0 Å². The minimum atomic E-state index is -0.00199. The second kappa shape index (κ2) is 7.43. The lowest BCUT2D eigenvalue weighted by Crippen LogP contribution is -2.48. The highest BCUT2D eigenvalue weighted by atomic mass is 32.1. The molecule has 1 saturated heterocycles. The number of nitrogens with one attached hydrogen (secondary N) is 1. The number of piperazine rings is 1. The average molecular weight is 332 g/mol. The van der Waals surface area contributed by atoms with E-state index in [9.17, 15) is 4.79 Å². The van der Waals surface area contributed by atoms with E-state index in [-0.39, 0.29) is 5.91 Å². The maximum Gasteiger partial charge on any atom is 0.240 e. The van der Waals surface area contributed by atoms with Crippen LogP contribution in [0.25, 0.3) is 0 Å². The van der Waals surface area contributed by atoms with Gasteiger partial charge in [-0.05, 0) is 24.3 Å². The SMILES string of the molecule is COc1ccc(N2CCN(CC(=O)Nc3nccs3)CC2)cc1. The summed E-state index contributed by atoms with van der Waals surface area (Å²) >= 11 is 1.43. The normalized spacial score (nSPS) is 15.4. The fraction of sp³-hybridized carbons (Fsp3) is 0.375. The van der Waals surface area contributed by atoms with Gasteiger partial charge in [-0.15, -0.1) is 11.3 Å². The van der Waals surface area contributed by atoms with Crippen LogP contribution in [0.3, 0.4) is 0 Å². The zero-order valence-corrected chi connectivity index (χ0v) is 13.9. The first kappa shape index (κ1) is 15.8. The van der Waals surface area contributed by atoms with Crippen molar-refractivity contribution in [1.82, 2.24) is 9.88 Å². The number of aromatic nitrogens is 1. The Bertz CT molecular complexity index is 622. The Hall–Kier alpha value is -2.12. The van der Waals surface area contributed by atoms with Gasteiger partial charge in [0.2, 0.25) is 5.91 Å². The monoisotopic (exact) mass is 332 g/mol. The molecule has 3 rings (SSSR count). The third-order valence-electron chi connectivity index (χ3n) is 3.86. The Labute approximate surface area is 139 Å². The minimum Gasteiger partial charge on any atom is -0.497 e. The molecule has 6 nitrogen and oxygen atoms in total. The van der Waals surface area contributed by atoms with E-state index in [2.05, 4.69) is 32.2 Å². The van der Waals surface area contributed by atoms with Gasteiger partial charge < -0.3 is 15.0 Å². The van der Waals surface area contributed by atoms with E-state index >= 15 is 0 Å². The van der Waals surface area contributed by atoms with E-state index in [4.69, 9.17) is 4.74 Å². The zero-order chi connectivity index (χ0) is 16.1. The molecule has 1 aliphatic rings. The Kier molecular flexibility index (Phi) is 5.09. The molecule has 0 spiro atoms. The van der Waals surface area contributed by atoms with Crippen LogP contribution in [0.1, 0.15) is 0 Å². The van der Waals surface area contributed by atoms with Crippen molar-refractivity contribution in [2.24, 2.45) is 0 Å². The molecule has 0 bridgehead atoms. The fourth-order valence-corrected chi connectivity index (χ4v) is 3.15. The van der Waals surface area contributed by atoms with Crippen molar-refractivity contribution >= 4 is 28.1 Å². The third kappa shape index (κ3) is 4.20. The lowest BCUT2D eigenvalue weighted by atomic mass is 10.2. The van der Waals surface area contributed by atoms with Gasteiger partial charge in [-0.25, -0.2) is 4.98 Å². The molecule has 2 heterocycles. The van der Waals surface area contributed by atoms with Gasteiger partial charge in [0.1, 0.15) is 5.75 Å². The molecule has 0 radical (unpaired) electrons. The van der Waals surface area contributed by atoms with Gasteiger partial charge in [-0.1, -0.05) is 0 Å². The number of hydrogen-bond acceptors (Lipinski definition) is 6. The van der Waals surface area contributed by atoms with Crippen molar-refractivity contribution in [1.29, 1.82) is 0 Å². The van der Waals surface area contributed by atoms with Crippen LogP contribution in [-0.2, 0) is 4.79 Å². The van der Waals surface area contributed by atoms with Crippen molar-refractivity contribution in [3.8, 4) is 5.75 Å². The second-order valence-electron chi connectivity index (χ2n) is 5.35. The molecule has 23 heavy (non-hydrogen) atoms. The number of carbonyl (C=O) groups excluding carboxylic acids is 1. The number of nitrogens with zero attached hydrogens (tertiary/aromatic N) is 3. The van der Waals surface area contributed by atoms with E-state index in [1.165, 1.54) is 17.0 Å². The third-order valence-corrected chi connectivity index (χ3v) is 4.54. The highest BCUT2D eigenvalue weighted by molar-refractivity contribution is 7.13. The van der Waals surface area contributed by atoms with E-state index in [1.807, 2.05) is 17.5 Å². The summed E-state index contributed by atoms with van der Waals surface area (Å²) in [5.41, 5.74) is 1.19. The van der Waals surface area contributed by atoms with E-state index in [0.717, 1.165) is 31.9 Å². The number of ether oxygens (including phenoxy) is 1. The molecule has 1 aliphatic heterocycles. The van der Waals surface area contributed by atoms with Crippen molar-refractivity contribution in [3.05, 3.63) is 35.8 Å². The number of carbonyl (C=O) groups is 1. The first-order valence-electron chi connectivity index (χ1n) is 7.55. The number of thiazole rings is 1. The van der Waals surface area contributed by atoms with Crippen LogP contribution in [0.4, 0.5) is 10.8 Å². The number of hydrogen-bond donors (Lipinski definition) is 1. The molecule has 1 N–H and O–H groups in total. The summed E-state index contributed by atoms with van der Waals surface area (Å²) in [7, 11) is 1.67. The Morgan fingerprint density at radius 3 is 2.61 bits per heavy atom. The largest absolute Gasteiger partial charge is 0.497 e. The molecular formula is C16H20N4O2S. The number of anilines is 2. The number of benzene rings is 1. The highest BCUT2D eigenvalue weighted by Crippen LogP contribution is 2.20. The van der Waals surface area contributed by atoms with Gasteiger partial charge >= 0.3 is 0 Å². The lowest BCUT2D eigenvalue weighted by Gasteiger charge is -2.35. The maximum absolute atomic E-state index is 12.0. The lowest BCUT2D eigenvalue weighted by molar-refractivity contribution is -0.117. The topological polar surface area (TPSA) is 57.7 Å². The Morgan fingerprint density at radius 1 is 1.26 bits per heavy atom. The summed E-state index contributed by atoms with van der Waals surface area (Å²) in [5, 5.41) is 5.33. The van der Waals surface area contributed by atoms with Crippen LogP contribution >= 0.6 is 11.3 Å². The molecule has 2 aromatic rings. The van der Waals surface area contributed by atoms with Crippen LogP contribution in [0, 0.1) is 0 Å². The van der Waals surface area contributed by atoms with Crippen molar-refractivity contribution in [2.75, 3.05) is 50.1 Å². The van der Waals surface area contributed by atoms with Crippen molar-refractivity contribution < 1.29 is 9.53 Å². The van der Waals surface area contributed by atoms with Crippen molar-refractivity contribution in [3.63, 3.8) is 0 Å². The van der Waals surface area contributed by atoms with Crippen LogP contribution in [-0.4, -0.2) is 55.6 Å². The fourth-order valence-electron chi connectivity index (χ4n) is 2.60. The second-order valence-corrected chi connectivity index (χ2v) is 6.24. The molecule has 0 saturated carbocycles. The molecule has 1 aromatic carbocycles. The van der Waals surface area contributed by atoms with Crippen LogP contribution in [0.5, 0.6) is 5.75 Å². The van der Waals surface area contributed by atoms with Gasteiger partial charge in [0.05, 0.1) is 13.7 Å². The van der Waals surface area contributed by atoms with Gasteiger partial charge in [-0.2, -0.15) is 0 Å². The van der Waals surface area contributed by atoms with Gasteiger partial charge in [0.25, 0.3) is 0 Å². The number of methoxy groups -OCH3 is 1. The van der Waals surface area contributed by atoms with E-state index in [1.54, 1.807) is 13.3 Å². The Morgan fingerprint density at radius 2 is 2.00 bits per heavy atom. The quantitative estimate of drug-likeness (QED) is 0.906. The molecule has 1 amide bonds. The number of rotatable bonds is 5. The van der Waals surface area contributed by atoms with Gasteiger partial charge in [0, 0.05) is 43.4 Å². The first-order valence-corrected chi connectivity index (χ1v) is 8.43. The molecule has 1 fully saturated rings. The summed E-state index contributed by atoms with van der Waals surface area (Å²) in [4.78, 5) is 20.5. The van der Waals surface area contributed by atoms with Crippen LogP contribution in [0.15, 0.2) is 35.8 Å². The van der Waals surface area contributed by atoms with Gasteiger partial charge in [-0.3, -0.25) is 9.69 Å². The molecule has 7 heteroatoms.